The van der Waals surface area contributed by atoms with E-state index < -0.39 is 0 Å². The molecule has 2 amide bonds. The molecular weight excluding hydrogens is 456 g/mol. The fourth-order valence-corrected chi connectivity index (χ4v) is 5.74. The van der Waals surface area contributed by atoms with Gasteiger partial charge in [0.15, 0.2) is 0 Å². The highest BCUT2D eigenvalue weighted by molar-refractivity contribution is 5.77. The van der Waals surface area contributed by atoms with Crippen LogP contribution in [-0.4, -0.2) is 23.9 Å². The lowest BCUT2D eigenvalue weighted by molar-refractivity contribution is -0.122. The van der Waals surface area contributed by atoms with Crippen molar-refractivity contribution in [3.63, 3.8) is 0 Å². The zero-order valence-corrected chi connectivity index (χ0v) is 25.1. The Labute approximate surface area is 231 Å². The maximum Gasteiger partial charge on any atom is 0.220 e. The number of nitrogens with one attached hydrogen (secondary N) is 2. The van der Waals surface area contributed by atoms with Crippen molar-refractivity contribution in [2.75, 3.05) is 0 Å². The van der Waals surface area contributed by atoms with Gasteiger partial charge < -0.3 is 10.6 Å². The average molecular weight is 521 g/mol. The molecule has 0 bridgehead atoms. The maximum absolute atomic E-state index is 12.3. The molecular formula is C33H64N2O2. The van der Waals surface area contributed by atoms with Crippen molar-refractivity contribution in [3.05, 3.63) is 0 Å². The Hall–Kier alpha value is -1.06. The average Bonchev–Trinajstić information content (AvgIpc) is 3.32. The summed E-state index contributed by atoms with van der Waals surface area (Å²) in [6, 6.07) is 0.486. The first-order valence-corrected chi connectivity index (χ1v) is 16.7. The van der Waals surface area contributed by atoms with E-state index in [-0.39, 0.29) is 23.9 Å². The van der Waals surface area contributed by atoms with Crippen LogP contribution in [-0.2, 0) is 9.59 Å². The minimum Gasteiger partial charge on any atom is -0.353 e. The van der Waals surface area contributed by atoms with Gasteiger partial charge in [0.05, 0.1) is 0 Å². The van der Waals surface area contributed by atoms with Crippen molar-refractivity contribution in [3.8, 4) is 0 Å². The van der Waals surface area contributed by atoms with Gasteiger partial charge in [-0.1, -0.05) is 142 Å². The van der Waals surface area contributed by atoms with E-state index in [9.17, 15) is 9.59 Å². The largest absolute Gasteiger partial charge is 0.353 e. The normalized spacial score (nSPS) is 17.2. The Morgan fingerprint density at radius 1 is 0.459 bits per heavy atom. The maximum atomic E-state index is 12.3. The number of hydrogen-bond acceptors (Lipinski definition) is 2. The smallest absolute Gasteiger partial charge is 0.220 e. The van der Waals surface area contributed by atoms with E-state index in [4.69, 9.17) is 0 Å². The van der Waals surface area contributed by atoms with Crippen LogP contribution in [0.15, 0.2) is 0 Å². The Kier molecular flexibility index (Phi) is 23.2. The van der Waals surface area contributed by atoms with Gasteiger partial charge >= 0.3 is 0 Å². The van der Waals surface area contributed by atoms with E-state index in [1.54, 1.807) is 0 Å². The lowest BCUT2D eigenvalue weighted by Crippen LogP contribution is -2.37. The number of rotatable bonds is 26. The standard InChI is InChI=1S/C33H64N2O2/c1-3-5-7-9-11-13-15-17-19-21-23-25-32(36)34-30-27-28-31(29-30)35-33(37)26-24-22-20-18-16-14-12-10-8-6-4-2/h30-31H,3-29H2,1-2H3,(H,34,36)(H,35,37)/t30-,31+. The Bertz CT molecular complexity index is 490. The van der Waals surface area contributed by atoms with Crippen LogP contribution in [0, 0.1) is 0 Å². The molecule has 218 valence electrons. The van der Waals surface area contributed by atoms with Crippen molar-refractivity contribution in [2.45, 2.75) is 199 Å². The second kappa shape index (κ2) is 25.2. The highest BCUT2D eigenvalue weighted by Crippen LogP contribution is 2.20. The zero-order chi connectivity index (χ0) is 26.8. The number of hydrogen-bond donors (Lipinski definition) is 2. The van der Waals surface area contributed by atoms with Crippen LogP contribution in [0.1, 0.15) is 187 Å². The van der Waals surface area contributed by atoms with Gasteiger partial charge in [-0.25, -0.2) is 0 Å². The molecule has 1 aliphatic rings. The molecule has 0 aromatic rings. The molecule has 0 aliphatic heterocycles. The SMILES string of the molecule is CCCCCCCCCCCCCC(=O)N[C@@H]1CC[C@H](NC(=O)CCCCCCCCCCCCC)C1. The van der Waals surface area contributed by atoms with Crippen LogP contribution in [0.25, 0.3) is 0 Å². The van der Waals surface area contributed by atoms with Crippen LogP contribution in [0.3, 0.4) is 0 Å². The molecule has 1 fully saturated rings. The summed E-state index contributed by atoms with van der Waals surface area (Å²) in [5, 5.41) is 6.44. The molecule has 0 unspecified atom stereocenters. The molecule has 0 radical (unpaired) electrons. The van der Waals surface area contributed by atoms with Crippen molar-refractivity contribution in [1.82, 2.24) is 10.6 Å². The minimum absolute atomic E-state index is 0.203. The topological polar surface area (TPSA) is 58.2 Å². The van der Waals surface area contributed by atoms with E-state index in [1.807, 2.05) is 0 Å². The minimum atomic E-state index is 0.203. The number of carbonyl (C=O) groups excluding carboxylic acids is 2. The Morgan fingerprint density at radius 3 is 1.03 bits per heavy atom. The molecule has 1 rings (SSSR count). The van der Waals surface area contributed by atoms with Gasteiger partial charge in [0, 0.05) is 24.9 Å². The molecule has 1 saturated carbocycles. The second-order valence-electron chi connectivity index (χ2n) is 11.9. The summed E-state index contributed by atoms with van der Waals surface area (Å²) in [5.74, 6) is 0.405. The van der Waals surface area contributed by atoms with Crippen molar-refractivity contribution in [2.24, 2.45) is 0 Å². The highest BCUT2D eigenvalue weighted by Gasteiger charge is 2.26. The molecule has 0 saturated heterocycles. The molecule has 0 spiro atoms. The fourth-order valence-electron chi connectivity index (χ4n) is 5.74. The third-order valence-electron chi connectivity index (χ3n) is 8.18. The quantitative estimate of drug-likeness (QED) is 0.112. The van der Waals surface area contributed by atoms with Gasteiger partial charge in [0.25, 0.3) is 0 Å². The highest BCUT2D eigenvalue weighted by atomic mass is 16.2. The molecule has 1 aliphatic carbocycles. The van der Waals surface area contributed by atoms with Crippen LogP contribution >= 0.6 is 0 Å². The second-order valence-corrected chi connectivity index (χ2v) is 11.9. The third kappa shape index (κ3) is 21.6. The van der Waals surface area contributed by atoms with Crippen LogP contribution < -0.4 is 10.6 Å². The van der Waals surface area contributed by atoms with Crippen molar-refractivity contribution >= 4 is 11.8 Å². The monoisotopic (exact) mass is 520 g/mol. The predicted molar refractivity (Wildman–Crippen MR) is 160 cm³/mol. The molecule has 0 aromatic heterocycles. The predicted octanol–water partition coefficient (Wildman–Crippen LogP) is 9.54. The third-order valence-corrected chi connectivity index (χ3v) is 8.18. The van der Waals surface area contributed by atoms with Crippen LogP contribution in [0.2, 0.25) is 0 Å². The van der Waals surface area contributed by atoms with Gasteiger partial charge in [-0.05, 0) is 32.1 Å². The molecule has 0 aromatic carbocycles. The first-order chi connectivity index (χ1) is 18.2. The summed E-state index contributed by atoms with van der Waals surface area (Å²) >= 11 is 0. The molecule has 4 heteroatoms. The number of amides is 2. The van der Waals surface area contributed by atoms with E-state index in [2.05, 4.69) is 24.5 Å². The van der Waals surface area contributed by atoms with Crippen molar-refractivity contribution < 1.29 is 9.59 Å². The van der Waals surface area contributed by atoms with E-state index in [0.717, 1.165) is 32.1 Å². The van der Waals surface area contributed by atoms with E-state index >= 15 is 0 Å². The summed E-state index contributed by atoms with van der Waals surface area (Å²) < 4.78 is 0. The molecule has 37 heavy (non-hydrogen) atoms. The summed E-state index contributed by atoms with van der Waals surface area (Å²) in [4.78, 5) is 24.6. The van der Waals surface area contributed by atoms with Gasteiger partial charge in [0.1, 0.15) is 0 Å². The lowest BCUT2D eigenvalue weighted by Gasteiger charge is -2.15. The van der Waals surface area contributed by atoms with Crippen molar-refractivity contribution in [1.29, 1.82) is 0 Å². The Morgan fingerprint density at radius 2 is 0.730 bits per heavy atom. The number of unbranched alkanes of at least 4 members (excludes halogenated alkanes) is 20. The van der Waals surface area contributed by atoms with E-state index in [0.29, 0.717) is 12.8 Å². The summed E-state index contributed by atoms with van der Waals surface area (Å²) in [6.07, 6.45) is 33.0. The number of carbonyl (C=O) groups is 2. The van der Waals surface area contributed by atoms with Gasteiger partial charge in [-0.2, -0.15) is 0 Å². The lowest BCUT2D eigenvalue weighted by atomic mass is 10.1. The van der Waals surface area contributed by atoms with E-state index in [1.165, 1.54) is 128 Å². The van der Waals surface area contributed by atoms with Gasteiger partial charge in [-0.3, -0.25) is 9.59 Å². The molecule has 2 atom stereocenters. The van der Waals surface area contributed by atoms with Gasteiger partial charge in [-0.15, -0.1) is 0 Å². The van der Waals surface area contributed by atoms with Gasteiger partial charge in [0.2, 0.25) is 11.8 Å². The summed E-state index contributed by atoms with van der Waals surface area (Å²) in [6.45, 7) is 4.54. The first-order valence-electron chi connectivity index (χ1n) is 16.7. The first kappa shape index (κ1) is 34.0. The zero-order valence-electron chi connectivity index (χ0n) is 25.1. The molecule has 2 N–H and O–H groups in total. The molecule has 4 nitrogen and oxygen atoms in total. The van der Waals surface area contributed by atoms with Crippen LogP contribution in [0.4, 0.5) is 0 Å². The summed E-state index contributed by atoms with van der Waals surface area (Å²) in [5.41, 5.74) is 0. The summed E-state index contributed by atoms with van der Waals surface area (Å²) in [7, 11) is 0. The molecule has 0 heterocycles. The fraction of sp³-hybridized carbons (Fsp3) is 0.939. The van der Waals surface area contributed by atoms with Crippen LogP contribution in [0.5, 0.6) is 0 Å². The Balaban J connectivity index is 1.90.